The monoisotopic (exact) mass is 348 g/mol. The third-order valence-corrected chi connectivity index (χ3v) is 4.69. The minimum Gasteiger partial charge on any atom is -0.469 e. The van der Waals surface area contributed by atoms with Crippen LogP contribution < -0.4 is 0 Å². The van der Waals surface area contributed by atoms with Gasteiger partial charge in [-0.25, -0.2) is 4.79 Å². The SMILES string of the molecule is COC(=O)C[C@H]1C[C@@H](OC(=O)c2ccccc2)C[C@@H]2OC(C)(C)O[C@@H]12. The van der Waals surface area contributed by atoms with E-state index in [4.69, 9.17) is 18.9 Å². The number of carbonyl (C=O) groups excluding carboxylic acids is 2. The summed E-state index contributed by atoms with van der Waals surface area (Å²) >= 11 is 0. The number of hydrogen-bond acceptors (Lipinski definition) is 6. The van der Waals surface area contributed by atoms with Gasteiger partial charge in [-0.05, 0) is 32.4 Å². The van der Waals surface area contributed by atoms with Crippen LogP contribution in [0.1, 0.15) is 43.5 Å². The van der Waals surface area contributed by atoms with Crippen molar-refractivity contribution in [2.45, 2.75) is 57.2 Å². The average Bonchev–Trinajstić information content (AvgIpc) is 2.89. The molecule has 0 spiro atoms. The lowest BCUT2D eigenvalue weighted by atomic mass is 9.81. The maximum Gasteiger partial charge on any atom is 0.338 e. The molecule has 2 fully saturated rings. The topological polar surface area (TPSA) is 71.1 Å². The molecule has 0 bridgehead atoms. The third-order valence-electron chi connectivity index (χ3n) is 4.69. The summed E-state index contributed by atoms with van der Waals surface area (Å²) in [6.07, 6.45) is 0.614. The highest BCUT2D eigenvalue weighted by molar-refractivity contribution is 5.89. The molecule has 1 aromatic carbocycles. The number of benzene rings is 1. The van der Waals surface area contributed by atoms with Crippen molar-refractivity contribution in [3.63, 3.8) is 0 Å². The molecular weight excluding hydrogens is 324 g/mol. The smallest absolute Gasteiger partial charge is 0.338 e. The lowest BCUT2D eigenvalue weighted by Gasteiger charge is -2.35. The van der Waals surface area contributed by atoms with Crippen molar-refractivity contribution in [3.05, 3.63) is 35.9 Å². The zero-order valence-corrected chi connectivity index (χ0v) is 14.8. The molecule has 1 saturated carbocycles. The number of hydrogen-bond donors (Lipinski definition) is 0. The zero-order chi connectivity index (χ0) is 18.0. The first-order valence-electron chi connectivity index (χ1n) is 8.56. The summed E-state index contributed by atoms with van der Waals surface area (Å²) in [4.78, 5) is 24.1. The van der Waals surface area contributed by atoms with Gasteiger partial charge < -0.3 is 18.9 Å². The van der Waals surface area contributed by atoms with E-state index in [1.54, 1.807) is 24.3 Å². The minimum atomic E-state index is -0.706. The molecule has 6 heteroatoms. The Morgan fingerprint density at radius 2 is 1.88 bits per heavy atom. The molecule has 1 saturated heterocycles. The third kappa shape index (κ3) is 4.19. The van der Waals surface area contributed by atoms with E-state index in [2.05, 4.69) is 0 Å². The molecule has 0 unspecified atom stereocenters. The number of rotatable bonds is 4. The standard InChI is InChI=1S/C19H24O6/c1-19(2)24-15-11-14(23-18(21)12-7-5-4-6-8-12)9-13(17(15)25-19)10-16(20)22-3/h4-8,13-15,17H,9-11H2,1-3H3/t13-,14-,15+,17+/m1/s1. The quantitative estimate of drug-likeness (QED) is 0.779. The molecule has 0 aromatic heterocycles. The van der Waals surface area contributed by atoms with E-state index in [-0.39, 0.29) is 42.6 Å². The van der Waals surface area contributed by atoms with Gasteiger partial charge in [0.05, 0.1) is 31.3 Å². The molecule has 0 radical (unpaired) electrons. The van der Waals surface area contributed by atoms with Gasteiger partial charge in [0.1, 0.15) is 6.10 Å². The minimum absolute atomic E-state index is 0.110. The van der Waals surface area contributed by atoms with Crippen LogP contribution in [0.4, 0.5) is 0 Å². The molecule has 4 atom stereocenters. The lowest BCUT2D eigenvalue weighted by molar-refractivity contribution is -0.153. The molecule has 1 aromatic rings. The van der Waals surface area contributed by atoms with Gasteiger partial charge in [-0.1, -0.05) is 18.2 Å². The van der Waals surface area contributed by atoms with E-state index in [1.807, 2.05) is 19.9 Å². The van der Waals surface area contributed by atoms with Crippen molar-refractivity contribution < 1.29 is 28.5 Å². The van der Waals surface area contributed by atoms with E-state index >= 15 is 0 Å². The predicted molar refractivity (Wildman–Crippen MR) is 88.8 cm³/mol. The predicted octanol–water partition coefficient (Wildman–Crippen LogP) is 2.71. The second-order valence-electron chi connectivity index (χ2n) is 7.04. The van der Waals surface area contributed by atoms with Crippen LogP contribution in [-0.2, 0) is 23.7 Å². The van der Waals surface area contributed by atoms with E-state index in [9.17, 15) is 9.59 Å². The molecule has 136 valence electrons. The summed E-state index contributed by atoms with van der Waals surface area (Å²) in [6.45, 7) is 3.71. The Morgan fingerprint density at radius 3 is 2.56 bits per heavy atom. The summed E-state index contributed by atoms with van der Waals surface area (Å²) in [7, 11) is 1.37. The highest BCUT2D eigenvalue weighted by Gasteiger charge is 2.50. The van der Waals surface area contributed by atoms with Crippen LogP contribution in [0.25, 0.3) is 0 Å². The molecule has 0 amide bonds. The van der Waals surface area contributed by atoms with Crippen molar-refractivity contribution in [2.24, 2.45) is 5.92 Å². The summed E-state index contributed by atoms with van der Waals surface area (Å²) in [5, 5.41) is 0. The molecule has 2 aliphatic rings. The van der Waals surface area contributed by atoms with Gasteiger partial charge in [0, 0.05) is 12.3 Å². The number of esters is 2. The normalized spacial score (nSPS) is 30.4. The van der Waals surface area contributed by atoms with Crippen LogP contribution in [0, 0.1) is 5.92 Å². The second-order valence-corrected chi connectivity index (χ2v) is 7.04. The highest BCUT2D eigenvalue weighted by atomic mass is 16.8. The van der Waals surface area contributed by atoms with E-state index < -0.39 is 5.79 Å². The number of ether oxygens (including phenoxy) is 4. The van der Waals surface area contributed by atoms with Crippen molar-refractivity contribution in [3.8, 4) is 0 Å². The van der Waals surface area contributed by atoms with Gasteiger partial charge in [0.25, 0.3) is 0 Å². The van der Waals surface area contributed by atoms with Crippen molar-refractivity contribution >= 4 is 11.9 Å². The van der Waals surface area contributed by atoms with Crippen LogP contribution in [0.3, 0.4) is 0 Å². The first-order chi connectivity index (χ1) is 11.9. The van der Waals surface area contributed by atoms with Crippen LogP contribution in [0.15, 0.2) is 30.3 Å². The molecule has 1 aliphatic carbocycles. The van der Waals surface area contributed by atoms with Crippen LogP contribution in [0.2, 0.25) is 0 Å². The largest absolute Gasteiger partial charge is 0.469 e. The molecule has 1 heterocycles. The Hall–Kier alpha value is -1.92. The molecular formula is C19H24O6. The van der Waals surface area contributed by atoms with Crippen molar-refractivity contribution in [2.75, 3.05) is 7.11 Å². The van der Waals surface area contributed by atoms with Crippen molar-refractivity contribution in [1.82, 2.24) is 0 Å². The Balaban J connectivity index is 1.71. The van der Waals surface area contributed by atoms with E-state index in [1.165, 1.54) is 7.11 Å². The van der Waals surface area contributed by atoms with Gasteiger partial charge >= 0.3 is 11.9 Å². The maximum atomic E-state index is 12.3. The van der Waals surface area contributed by atoms with Crippen LogP contribution in [-0.4, -0.2) is 43.1 Å². The van der Waals surface area contributed by atoms with Gasteiger partial charge in [0.2, 0.25) is 0 Å². The summed E-state index contributed by atoms with van der Waals surface area (Å²) in [5.74, 6) is -1.48. The fourth-order valence-electron chi connectivity index (χ4n) is 3.66. The van der Waals surface area contributed by atoms with Gasteiger partial charge in [-0.3, -0.25) is 4.79 Å². The van der Waals surface area contributed by atoms with Crippen molar-refractivity contribution in [1.29, 1.82) is 0 Å². The number of fused-ring (bicyclic) bond motifs is 1. The van der Waals surface area contributed by atoms with Crippen LogP contribution in [0.5, 0.6) is 0 Å². The first kappa shape index (κ1) is 17.9. The lowest BCUT2D eigenvalue weighted by Crippen LogP contribution is -2.43. The molecule has 3 rings (SSSR count). The second kappa shape index (κ2) is 7.14. The number of carbonyl (C=O) groups is 2. The molecule has 1 aliphatic heterocycles. The average molecular weight is 348 g/mol. The Morgan fingerprint density at radius 1 is 1.16 bits per heavy atom. The Bertz CT molecular complexity index is 626. The molecule has 25 heavy (non-hydrogen) atoms. The molecule has 0 N–H and O–H groups in total. The van der Waals surface area contributed by atoms with Crippen LogP contribution >= 0.6 is 0 Å². The molecule has 6 nitrogen and oxygen atoms in total. The fourth-order valence-corrected chi connectivity index (χ4v) is 3.66. The highest BCUT2D eigenvalue weighted by Crippen LogP contribution is 2.42. The summed E-state index contributed by atoms with van der Waals surface area (Å²) < 4.78 is 22.4. The van der Waals surface area contributed by atoms with Gasteiger partial charge in [0.15, 0.2) is 5.79 Å². The first-order valence-corrected chi connectivity index (χ1v) is 8.56. The van der Waals surface area contributed by atoms with Gasteiger partial charge in [-0.2, -0.15) is 0 Å². The Labute approximate surface area is 147 Å². The summed E-state index contributed by atoms with van der Waals surface area (Å²) in [5.41, 5.74) is 0.512. The zero-order valence-electron chi connectivity index (χ0n) is 14.8. The Kier molecular flexibility index (Phi) is 5.11. The maximum absolute atomic E-state index is 12.3. The van der Waals surface area contributed by atoms with E-state index in [0.717, 1.165) is 0 Å². The fraction of sp³-hybridized carbons (Fsp3) is 0.579. The summed E-state index contributed by atoms with van der Waals surface area (Å²) in [6, 6.07) is 8.88. The van der Waals surface area contributed by atoms with Gasteiger partial charge in [-0.15, -0.1) is 0 Å². The van der Waals surface area contributed by atoms with E-state index in [0.29, 0.717) is 18.4 Å². The number of methoxy groups -OCH3 is 1.